The van der Waals surface area contributed by atoms with Crippen molar-refractivity contribution in [2.24, 2.45) is 0 Å². The van der Waals surface area contributed by atoms with Crippen molar-refractivity contribution >= 4 is 11.6 Å². The molecule has 1 aliphatic rings. The fourth-order valence-corrected chi connectivity index (χ4v) is 2.20. The smallest absolute Gasteiger partial charge is 0.256 e. The predicted octanol–water partition coefficient (Wildman–Crippen LogP) is 2.81. The van der Waals surface area contributed by atoms with Gasteiger partial charge >= 0.3 is 0 Å². The molecule has 0 unspecified atom stereocenters. The van der Waals surface area contributed by atoms with Crippen LogP contribution < -0.4 is 5.73 Å². The van der Waals surface area contributed by atoms with Gasteiger partial charge in [-0.05, 0) is 37.1 Å². The number of hydrogen-bond acceptors (Lipinski definition) is 3. The number of nitrogens with two attached hydrogens (primary N) is 1. The number of carbonyl (C=O) groups excluding carboxylic acids is 1. The number of carbonyl (C=O) groups is 1. The topological polar surface area (TPSA) is 59.5 Å². The van der Waals surface area contributed by atoms with Crippen molar-refractivity contribution in [2.75, 3.05) is 5.73 Å². The number of nitrogen functional groups attached to an aromatic ring is 1. The molecule has 1 aliphatic carbocycles. The Morgan fingerprint density at radius 2 is 2.15 bits per heavy atom. The van der Waals surface area contributed by atoms with E-state index in [2.05, 4.69) is 0 Å². The quantitative estimate of drug-likeness (QED) is 0.872. The second-order valence-corrected chi connectivity index (χ2v) is 4.94. The van der Waals surface area contributed by atoms with Crippen LogP contribution in [0, 0.1) is 5.82 Å². The summed E-state index contributed by atoms with van der Waals surface area (Å²) in [6.07, 6.45) is 3.49. The summed E-state index contributed by atoms with van der Waals surface area (Å²) in [5.74, 6) is -0.106. The zero-order valence-electron chi connectivity index (χ0n) is 10.9. The van der Waals surface area contributed by atoms with Gasteiger partial charge in [0.05, 0.1) is 24.1 Å². The number of hydrogen-bond donors (Lipinski definition) is 1. The first-order chi connectivity index (χ1) is 9.66. The fraction of sp³-hybridized carbons (Fsp3) is 0.267. The van der Waals surface area contributed by atoms with Crippen LogP contribution in [-0.2, 0) is 6.54 Å². The molecule has 1 aromatic carbocycles. The Labute approximate surface area is 116 Å². The van der Waals surface area contributed by atoms with Crippen molar-refractivity contribution < 1.29 is 13.6 Å². The van der Waals surface area contributed by atoms with Gasteiger partial charge in [-0.15, -0.1) is 0 Å². The third-order valence-electron chi connectivity index (χ3n) is 3.44. The van der Waals surface area contributed by atoms with E-state index in [1.807, 2.05) is 6.07 Å². The summed E-state index contributed by atoms with van der Waals surface area (Å²) in [6, 6.07) is 8.09. The number of furan rings is 1. The molecule has 0 aliphatic heterocycles. The summed E-state index contributed by atoms with van der Waals surface area (Å²) < 4.78 is 18.8. The van der Waals surface area contributed by atoms with Gasteiger partial charge in [-0.2, -0.15) is 0 Å². The van der Waals surface area contributed by atoms with Gasteiger partial charge in [0.2, 0.25) is 0 Å². The zero-order valence-corrected chi connectivity index (χ0v) is 10.9. The van der Waals surface area contributed by atoms with Crippen LogP contribution in [0.2, 0.25) is 0 Å². The lowest BCUT2D eigenvalue weighted by Gasteiger charge is -2.22. The Morgan fingerprint density at radius 1 is 1.35 bits per heavy atom. The highest BCUT2D eigenvalue weighted by Crippen LogP contribution is 2.31. The van der Waals surface area contributed by atoms with Gasteiger partial charge in [-0.25, -0.2) is 4.39 Å². The molecule has 0 atom stereocenters. The van der Waals surface area contributed by atoms with E-state index in [-0.39, 0.29) is 23.2 Å². The van der Waals surface area contributed by atoms with Crippen LogP contribution >= 0.6 is 0 Å². The molecule has 1 saturated carbocycles. The summed E-state index contributed by atoms with van der Waals surface area (Å²) in [5, 5.41) is 0. The lowest BCUT2D eigenvalue weighted by molar-refractivity contribution is 0.0718. The first kappa shape index (κ1) is 12.7. The highest BCUT2D eigenvalue weighted by atomic mass is 19.1. The molecule has 20 heavy (non-hydrogen) atoms. The number of amides is 1. The molecule has 0 saturated heterocycles. The summed E-state index contributed by atoms with van der Waals surface area (Å²) in [4.78, 5) is 14.3. The largest absolute Gasteiger partial charge is 0.467 e. The Kier molecular flexibility index (Phi) is 3.18. The number of anilines is 1. The number of rotatable bonds is 4. The minimum atomic E-state index is -0.565. The van der Waals surface area contributed by atoms with Crippen LogP contribution in [0.3, 0.4) is 0 Å². The second-order valence-electron chi connectivity index (χ2n) is 4.94. The SMILES string of the molecule is Nc1c(F)cccc1C(=O)N(Cc1ccco1)C1CC1. The first-order valence-corrected chi connectivity index (χ1v) is 6.54. The maximum Gasteiger partial charge on any atom is 0.256 e. The molecule has 1 amide bonds. The van der Waals surface area contributed by atoms with Gasteiger partial charge < -0.3 is 15.1 Å². The third-order valence-corrected chi connectivity index (χ3v) is 3.44. The molecule has 5 heteroatoms. The summed E-state index contributed by atoms with van der Waals surface area (Å²) in [6.45, 7) is 0.381. The Bertz CT molecular complexity index is 621. The number of benzene rings is 1. The van der Waals surface area contributed by atoms with Crippen LogP contribution in [0.15, 0.2) is 41.0 Å². The summed E-state index contributed by atoms with van der Waals surface area (Å²) in [7, 11) is 0. The molecule has 4 nitrogen and oxygen atoms in total. The third kappa shape index (κ3) is 2.39. The van der Waals surface area contributed by atoms with Gasteiger partial charge in [0.1, 0.15) is 11.6 Å². The van der Waals surface area contributed by atoms with E-state index in [1.165, 1.54) is 12.1 Å². The number of nitrogens with zero attached hydrogens (tertiary/aromatic N) is 1. The van der Waals surface area contributed by atoms with Crippen molar-refractivity contribution in [3.8, 4) is 0 Å². The zero-order chi connectivity index (χ0) is 14.1. The monoisotopic (exact) mass is 274 g/mol. The molecule has 104 valence electrons. The van der Waals surface area contributed by atoms with E-state index in [4.69, 9.17) is 10.2 Å². The second kappa shape index (κ2) is 5.00. The Morgan fingerprint density at radius 3 is 2.80 bits per heavy atom. The maximum absolute atomic E-state index is 13.5. The molecule has 0 radical (unpaired) electrons. The van der Waals surface area contributed by atoms with Crippen molar-refractivity contribution in [3.05, 3.63) is 53.7 Å². The minimum Gasteiger partial charge on any atom is -0.467 e. The summed E-state index contributed by atoms with van der Waals surface area (Å²) >= 11 is 0. The number of para-hydroxylation sites is 1. The Hall–Kier alpha value is -2.30. The van der Waals surface area contributed by atoms with Crippen LogP contribution in [0.4, 0.5) is 10.1 Å². The maximum atomic E-state index is 13.5. The summed E-state index contributed by atoms with van der Waals surface area (Å²) in [5.41, 5.74) is 5.79. The van der Waals surface area contributed by atoms with Gasteiger partial charge in [0.15, 0.2) is 0 Å². The molecule has 3 rings (SSSR count). The van der Waals surface area contributed by atoms with Crippen molar-refractivity contribution in [1.82, 2.24) is 4.90 Å². The molecule has 1 heterocycles. The first-order valence-electron chi connectivity index (χ1n) is 6.54. The Balaban J connectivity index is 1.87. The highest BCUT2D eigenvalue weighted by molar-refractivity contribution is 5.99. The molecule has 2 aromatic rings. The van der Waals surface area contributed by atoms with E-state index >= 15 is 0 Å². The van der Waals surface area contributed by atoms with Crippen molar-refractivity contribution in [1.29, 1.82) is 0 Å². The highest BCUT2D eigenvalue weighted by Gasteiger charge is 2.34. The van der Waals surface area contributed by atoms with E-state index in [0.717, 1.165) is 12.8 Å². The van der Waals surface area contributed by atoms with E-state index in [1.54, 1.807) is 23.3 Å². The van der Waals surface area contributed by atoms with E-state index in [9.17, 15) is 9.18 Å². The normalized spacial score (nSPS) is 14.2. The number of halogens is 1. The van der Waals surface area contributed by atoms with Gasteiger partial charge in [-0.3, -0.25) is 4.79 Å². The van der Waals surface area contributed by atoms with Crippen LogP contribution in [0.1, 0.15) is 29.0 Å². The van der Waals surface area contributed by atoms with E-state index in [0.29, 0.717) is 12.3 Å². The predicted molar refractivity (Wildman–Crippen MR) is 72.4 cm³/mol. The lowest BCUT2D eigenvalue weighted by atomic mass is 10.1. The van der Waals surface area contributed by atoms with E-state index < -0.39 is 5.82 Å². The minimum absolute atomic E-state index is 0.0948. The lowest BCUT2D eigenvalue weighted by Crippen LogP contribution is -2.33. The van der Waals surface area contributed by atoms with Crippen LogP contribution in [0.25, 0.3) is 0 Å². The van der Waals surface area contributed by atoms with Gasteiger partial charge in [0.25, 0.3) is 5.91 Å². The van der Waals surface area contributed by atoms with Crippen LogP contribution in [0.5, 0.6) is 0 Å². The van der Waals surface area contributed by atoms with Crippen molar-refractivity contribution in [3.63, 3.8) is 0 Å². The molecule has 1 aromatic heterocycles. The van der Waals surface area contributed by atoms with Crippen molar-refractivity contribution in [2.45, 2.75) is 25.4 Å². The molecule has 2 N–H and O–H groups in total. The average molecular weight is 274 g/mol. The molecule has 1 fully saturated rings. The molecular formula is C15H15FN2O2. The molecule has 0 bridgehead atoms. The molecule has 0 spiro atoms. The van der Waals surface area contributed by atoms with Crippen LogP contribution in [-0.4, -0.2) is 16.8 Å². The average Bonchev–Trinajstić information content (AvgIpc) is 3.15. The molecular weight excluding hydrogens is 259 g/mol. The van der Waals surface area contributed by atoms with Gasteiger partial charge in [0, 0.05) is 6.04 Å². The fourth-order valence-electron chi connectivity index (χ4n) is 2.20. The van der Waals surface area contributed by atoms with Gasteiger partial charge in [-0.1, -0.05) is 6.07 Å². The standard InChI is InChI=1S/C15H15FN2O2/c16-13-5-1-4-12(14(13)17)15(19)18(10-6-7-10)9-11-3-2-8-20-11/h1-5,8,10H,6-7,9,17H2.